The summed E-state index contributed by atoms with van der Waals surface area (Å²) < 4.78 is 23.0. The molecule has 0 aromatic carbocycles. The van der Waals surface area contributed by atoms with Crippen LogP contribution in [0.1, 0.15) is 335 Å². The Morgan fingerprint density at radius 1 is 0.333 bits per heavy atom. The molecule has 0 bridgehead atoms. The lowest BCUT2D eigenvalue weighted by atomic mass is 10.0. The van der Waals surface area contributed by atoms with Crippen LogP contribution in [0.25, 0.3) is 0 Å². The van der Waals surface area contributed by atoms with Crippen molar-refractivity contribution in [1.29, 1.82) is 0 Å². The van der Waals surface area contributed by atoms with Gasteiger partial charge in [0.05, 0.1) is 34.4 Å². The van der Waals surface area contributed by atoms with Gasteiger partial charge in [-0.25, -0.2) is 4.79 Å². The fourth-order valence-electron chi connectivity index (χ4n) is 10.9. The number of rotatable bonds is 71. The highest BCUT2D eigenvalue weighted by Crippen LogP contribution is 2.18. The minimum atomic E-state index is -1.52. The molecular formula is C84H146NO8+. The Balaban J connectivity index is 4.11. The second-order valence-electron chi connectivity index (χ2n) is 26.9. The normalized spacial score (nSPS) is 13.3. The Kier molecular flexibility index (Phi) is 70.1. The quantitative estimate of drug-likeness (QED) is 0.0211. The number of nitrogens with zero attached hydrogens (tertiary/aromatic N) is 1. The summed E-state index contributed by atoms with van der Waals surface area (Å²) in [6, 6.07) is 0. The molecule has 0 saturated carbocycles. The molecule has 0 amide bonds. The number of hydrogen-bond acceptors (Lipinski definition) is 7. The molecule has 534 valence electrons. The maximum absolute atomic E-state index is 13.0. The molecule has 2 atom stereocenters. The van der Waals surface area contributed by atoms with Crippen molar-refractivity contribution in [2.45, 2.75) is 347 Å². The molecule has 2 unspecified atom stereocenters. The third kappa shape index (κ3) is 74.9. The van der Waals surface area contributed by atoms with Crippen molar-refractivity contribution in [3.8, 4) is 0 Å². The number of esters is 2. The predicted molar refractivity (Wildman–Crippen MR) is 401 cm³/mol. The maximum Gasteiger partial charge on any atom is 0.361 e. The van der Waals surface area contributed by atoms with E-state index in [9.17, 15) is 19.5 Å². The highest BCUT2D eigenvalue weighted by molar-refractivity contribution is 5.71. The van der Waals surface area contributed by atoms with Crippen LogP contribution in [0.2, 0.25) is 0 Å². The summed E-state index contributed by atoms with van der Waals surface area (Å²) in [4.78, 5) is 37.7. The third-order valence-corrected chi connectivity index (χ3v) is 16.7. The first kappa shape index (κ1) is 88.7. The molecule has 93 heavy (non-hydrogen) atoms. The van der Waals surface area contributed by atoms with Crippen LogP contribution in [-0.2, 0) is 33.3 Å². The van der Waals surface area contributed by atoms with E-state index >= 15 is 0 Å². The van der Waals surface area contributed by atoms with Crippen molar-refractivity contribution in [2.75, 3.05) is 47.5 Å². The molecule has 0 aliphatic rings. The van der Waals surface area contributed by atoms with Crippen LogP contribution in [0.15, 0.2) is 122 Å². The standard InChI is InChI=1S/C84H145NO8/c1-6-8-10-12-14-16-18-20-22-24-26-28-30-32-34-36-37-38-39-40-41-42-43-44-45-47-49-51-53-55-57-59-61-63-65-67-69-71-73-75-82(87)93-80(79-92-84(83(88)89)90-77-76-85(3,4)5)78-91-81(86)74-72-70-68-66-64-62-60-58-56-54-52-50-48-46-35-33-31-29-27-25-23-21-19-17-15-13-11-9-7-2/h8,10,14,16,20,22,26,28,32,34,37-38,40-41,43-44,47,49,53,55,80,84H,6-7,9,11-13,15,17-19,21,23-25,27,29-31,33,35-36,39,42,45-46,48,50-52,54,56-79H2,1-5H3/p+1/b10-8-,16-14-,22-20-,28-26-,34-32-,38-37-,41-40-,44-43-,49-47-,55-53-. The van der Waals surface area contributed by atoms with E-state index in [1.807, 2.05) is 21.1 Å². The van der Waals surface area contributed by atoms with E-state index < -0.39 is 24.3 Å². The summed E-state index contributed by atoms with van der Waals surface area (Å²) in [5.74, 6) is -2.01. The summed E-state index contributed by atoms with van der Waals surface area (Å²) in [7, 11) is 5.98. The lowest BCUT2D eigenvalue weighted by Gasteiger charge is -2.25. The van der Waals surface area contributed by atoms with E-state index in [1.54, 1.807) is 0 Å². The van der Waals surface area contributed by atoms with Gasteiger partial charge in [-0.05, 0) is 89.9 Å². The van der Waals surface area contributed by atoms with Gasteiger partial charge >= 0.3 is 17.9 Å². The number of carbonyl (C=O) groups is 3. The average molecular weight is 1300 g/mol. The molecule has 0 radical (unpaired) electrons. The van der Waals surface area contributed by atoms with Crippen molar-refractivity contribution < 1.29 is 42.9 Å². The molecule has 9 nitrogen and oxygen atoms in total. The number of quaternary nitrogens is 1. The molecule has 0 spiro atoms. The monoisotopic (exact) mass is 1300 g/mol. The first-order chi connectivity index (χ1) is 45.6. The second-order valence-corrected chi connectivity index (χ2v) is 26.9. The minimum Gasteiger partial charge on any atom is -0.477 e. The summed E-state index contributed by atoms with van der Waals surface area (Å²) in [5, 5.41) is 9.77. The summed E-state index contributed by atoms with van der Waals surface area (Å²) in [5.41, 5.74) is 0. The van der Waals surface area contributed by atoms with Gasteiger partial charge < -0.3 is 28.5 Å². The number of likely N-dealkylation sites (N-methyl/N-ethyl adjacent to an activating group) is 1. The van der Waals surface area contributed by atoms with Gasteiger partial charge in [0.2, 0.25) is 0 Å². The average Bonchev–Trinajstić information content (AvgIpc) is 3.38. The van der Waals surface area contributed by atoms with E-state index in [4.69, 9.17) is 18.9 Å². The molecule has 0 rings (SSSR count). The summed E-state index contributed by atoms with van der Waals surface area (Å²) in [6.07, 6.45) is 102. The van der Waals surface area contributed by atoms with Crippen LogP contribution in [0.3, 0.4) is 0 Å². The Morgan fingerprint density at radius 3 is 0.914 bits per heavy atom. The van der Waals surface area contributed by atoms with Gasteiger partial charge in [0, 0.05) is 12.8 Å². The first-order valence-corrected chi connectivity index (χ1v) is 38.7. The van der Waals surface area contributed by atoms with Gasteiger partial charge in [0.15, 0.2) is 6.10 Å². The minimum absolute atomic E-state index is 0.182. The first-order valence-electron chi connectivity index (χ1n) is 38.7. The highest BCUT2D eigenvalue weighted by Gasteiger charge is 2.25. The topological polar surface area (TPSA) is 108 Å². The molecule has 0 heterocycles. The zero-order chi connectivity index (χ0) is 67.5. The molecule has 1 N–H and O–H groups in total. The van der Waals surface area contributed by atoms with Crippen LogP contribution < -0.4 is 0 Å². The lowest BCUT2D eigenvalue weighted by molar-refractivity contribution is -0.870. The van der Waals surface area contributed by atoms with Crippen LogP contribution in [0.5, 0.6) is 0 Å². The highest BCUT2D eigenvalue weighted by atomic mass is 16.7. The van der Waals surface area contributed by atoms with Crippen LogP contribution in [0, 0.1) is 0 Å². The Morgan fingerprint density at radius 2 is 0.613 bits per heavy atom. The predicted octanol–water partition coefficient (Wildman–Crippen LogP) is 24.7. The van der Waals surface area contributed by atoms with Crippen LogP contribution in [0.4, 0.5) is 0 Å². The third-order valence-electron chi connectivity index (χ3n) is 16.7. The van der Waals surface area contributed by atoms with Gasteiger partial charge in [-0.1, -0.05) is 354 Å². The SMILES string of the molecule is CC/C=C\C/C=C\C/C=C\C/C=C\C/C=C\C/C=C\C/C=C\C/C=C\C/C=C\C/C=C\CCCCCCCCCCC(=O)OC(COC(=O)CCCCCCCCCCCCCCCCCCCCCCCCCCCCCCC)COC(OCC[N+](C)(C)C)C(=O)O. The van der Waals surface area contributed by atoms with Gasteiger partial charge in [0.25, 0.3) is 6.29 Å². The van der Waals surface area contributed by atoms with Crippen molar-refractivity contribution in [1.82, 2.24) is 0 Å². The van der Waals surface area contributed by atoms with Gasteiger partial charge in [-0.15, -0.1) is 0 Å². The number of carboxylic acid groups (broad SMARTS) is 1. The molecular weight excluding hydrogens is 1150 g/mol. The molecule has 0 aromatic rings. The van der Waals surface area contributed by atoms with E-state index in [-0.39, 0.29) is 32.2 Å². The largest absolute Gasteiger partial charge is 0.477 e. The number of carbonyl (C=O) groups excluding carboxylic acids is 2. The number of allylic oxidation sites excluding steroid dienone is 20. The number of carboxylic acids is 1. The van der Waals surface area contributed by atoms with Crippen LogP contribution in [-0.4, -0.2) is 87.4 Å². The number of hydrogen-bond donors (Lipinski definition) is 1. The second kappa shape index (κ2) is 73.5. The van der Waals surface area contributed by atoms with Crippen molar-refractivity contribution in [3.05, 3.63) is 122 Å². The van der Waals surface area contributed by atoms with Crippen molar-refractivity contribution in [2.24, 2.45) is 0 Å². The van der Waals surface area contributed by atoms with Crippen molar-refractivity contribution >= 4 is 17.9 Å². The van der Waals surface area contributed by atoms with Gasteiger partial charge in [-0.3, -0.25) is 9.59 Å². The maximum atomic E-state index is 13.0. The summed E-state index contributed by atoms with van der Waals surface area (Å²) >= 11 is 0. The van der Waals surface area contributed by atoms with Crippen molar-refractivity contribution in [3.63, 3.8) is 0 Å². The fourth-order valence-corrected chi connectivity index (χ4v) is 10.9. The van der Waals surface area contributed by atoms with E-state index in [1.165, 1.54) is 193 Å². The number of unbranched alkanes of at least 4 members (excludes halogenated alkanes) is 36. The van der Waals surface area contributed by atoms with E-state index in [0.717, 1.165) is 109 Å². The molecule has 0 aliphatic heterocycles. The number of ether oxygens (including phenoxy) is 4. The van der Waals surface area contributed by atoms with E-state index in [0.29, 0.717) is 23.9 Å². The Labute approximate surface area is 574 Å². The zero-order valence-electron chi connectivity index (χ0n) is 61.1. The summed E-state index contributed by atoms with van der Waals surface area (Å²) in [6.45, 7) is 4.79. The molecule has 0 saturated heterocycles. The molecule has 0 fully saturated rings. The molecule has 0 aliphatic carbocycles. The molecule has 0 aromatic heterocycles. The lowest BCUT2D eigenvalue weighted by Crippen LogP contribution is -2.40. The smallest absolute Gasteiger partial charge is 0.361 e. The Bertz CT molecular complexity index is 1950. The Hall–Kier alpha value is -4.31. The zero-order valence-corrected chi connectivity index (χ0v) is 61.1. The number of aliphatic carboxylic acids is 1. The van der Waals surface area contributed by atoms with Gasteiger partial charge in [0.1, 0.15) is 13.2 Å². The fraction of sp³-hybridized carbons (Fsp3) is 0.726. The van der Waals surface area contributed by atoms with Gasteiger partial charge in [-0.2, -0.15) is 0 Å². The molecule has 9 heteroatoms. The van der Waals surface area contributed by atoms with E-state index in [2.05, 4.69) is 135 Å². The van der Waals surface area contributed by atoms with Crippen LogP contribution >= 0.6 is 0 Å².